The van der Waals surface area contributed by atoms with Gasteiger partial charge in [0.25, 0.3) is 0 Å². The van der Waals surface area contributed by atoms with E-state index in [1.165, 1.54) is 6.92 Å². The zero-order valence-electron chi connectivity index (χ0n) is 21.4. The maximum absolute atomic E-state index is 12.8. The molecule has 0 unspecified atom stereocenters. The predicted molar refractivity (Wildman–Crippen MR) is 143 cm³/mol. The van der Waals surface area contributed by atoms with Gasteiger partial charge in [0.05, 0.1) is 25.9 Å². The van der Waals surface area contributed by atoms with Crippen LogP contribution in [0.3, 0.4) is 0 Å². The van der Waals surface area contributed by atoms with E-state index in [1.807, 2.05) is 97.1 Å². The highest BCUT2D eigenvalue weighted by Gasteiger charge is 2.44. The zero-order valence-corrected chi connectivity index (χ0v) is 21.4. The molecule has 0 aromatic heterocycles. The second kappa shape index (κ2) is 13.2. The van der Waals surface area contributed by atoms with Gasteiger partial charge in [0.1, 0.15) is 18.0 Å². The fraction of sp³-hybridized carbons (Fsp3) is 0.312. The van der Waals surface area contributed by atoms with Crippen LogP contribution in [0.4, 0.5) is 0 Å². The average molecular weight is 499 g/mol. The SMILES string of the molecule is CC(=O)C[C@H]1C(C(C)=O)=C[C@H](OCc2ccccc2)[C@@H](OCc2ccccc2)[C@@H]1OCc1ccccc1. The second-order valence-corrected chi connectivity index (χ2v) is 9.47. The first-order valence-corrected chi connectivity index (χ1v) is 12.7. The fourth-order valence-corrected chi connectivity index (χ4v) is 4.75. The molecular weight excluding hydrogens is 464 g/mol. The summed E-state index contributed by atoms with van der Waals surface area (Å²) < 4.78 is 19.4. The highest BCUT2D eigenvalue weighted by molar-refractivity contribution is 5.95. The van der Waals surface area contributed by atoms with Gasteiger partial charge in [-0.05, 0) is 42.2 Å². The van der Waals surface area contributed by atoms with E-state index in [1.54, 1.807) is 6.92 Å². The van der Waals surface area contributed by atoms with Crippen LogP contribution in [0.5, 0.6) is 0 Å². The first-order valence-electron chi connectivity index (χ1n) is 12.7. The molecule has 3 aromatic rings. The molecule has 0 aliphatic heterocycles. The molecule has 4 rings (SSSR count). The van der Waals surface area contributed by atoms with Gasteiger partial charge in [0.2, 0.25) is 0 Å². The van der Waals surface area contributed by atoms with Crippen LogP contribution in [-0.2, 0) is 43.6 Å². The number of carbonyl (C=O) groups excluding carboxylic acids is 2. The van der Waals surface area contributed by atoms with E-state index >= 15 is 0 Å². The van der Waals surface area contributed by atoms with Gasteiger partial charge in [-0.1, -0.05) is 91.0 Å². The lowest BCUT2D eigenvalue weighted by atomic mass is 9.77. The Kier molecular flexibility index (Phi) is 9.55. The van der Waals surface area contributed by atoms with Crippen LogP contribution < -0.4 is 0 Å². The number of ether oxygens (including phenoxy) is 3. The highest BCUT2D eigenvalue weighted by atomic mass is 16.6. The molecule has 0 heterocycles. The van der Waals surface area contributed by atoms with Crippen LogP contribution in [0.2, 0.25) is 0 Å². The Morgan fingerprint density at radius 2 is 1.05 bits per heavy atom. The third-order valence-corrected chi connectivity index (χ3v) is 6.56. The largest absolute Gasteiger partial charge is 0.370 e. The minimum absolute atomic E-state index is 0.00377. The van der Waals surface area contributed by atoms with Gasteiger partial charge < -0.3 is 19.0 Å². The molecule has 37 heavy (non-hydrogen) atoms. The normalized spacial score (nSPS) is 21.3. The number of hydrogen-bond acceptors (Lipinski definition) is 5. The lowest BCUT2D eigenvalue weighted by Crippen LogP contribution is -2.50. The number of benzene rings is 3. The molecule has 0 saturated carbocycles. The molecule has 4 atom stereocenters. The third-order valence-electron chi connectivity index (χ3n) is 6.56. The summed E-state index contributed by atoms with van der Waals surface area (Å²) >= 11 is 0. The smallest absolute Gasteiger partial charge is 0.155 e. The molecular formula is C32H34O5. The predicted octanol–water partition coefficient (Wildman–Crippen LogP) is 5.87. The van der Waals surface area contributed by atoms with E-state index in [9.17, 15) is 9.59 Å². The van der Waals surface area contributed by atoms with Crippen molar-refractivity contribution in [3.63, 3.8) is 0 Å². The van der Waals surface area contributed by atoms with Crippen molar-refractivity contribution in [2.24, 2.45) is 5.92 Å². The summed E-state index contributed by atoms with van der Waals surface area (Å²) in [6.07, 6.45) is 0.461. The summed E-state index contributed by atoms with van der Waals surface area (Å²) in [7, 11) is 0. The van der Waals surface area contributed by atoms with Crippen LogP contribution >= 0.6 is 0 Å². The monoisotopic (exact) mass is 498 g/mol. The van der Waals surface area contributed by atoms with Crippen molar-refractivity contribution in [1.29, 1.82) is 0 Å². The minimum Gasteiger partial charge on any atom is -0.370 e. The first kappa shape index (κ1) is 26.7. The molecule has 0 saturated heterocycles. The highest BCUT2D eigenvalue weighted by Crippen LogP contribution is 2.36. The van der Waals surface area contributed by atoms with Crippen molar-refractivity contribution in [2.45, 2.75) is 58.4 Å². The molecule has 0 spiro atoms. The van der Waals surface area contributed by atoms with Gasteiger partial charge in [-0.3, -0.25) is 4.79 Å². The Morgan fingerprint density at radius 3 is 1.49 bits per heavy atom. The maximum atomic E-state index is 12.8. The minimum atomic E-state index is -0.544. The Labute approximate surface area is 219 Å². The molecule has 0 N–H and O–H groups in total. The van der Waals surface area contributed by atoms with Crippen LogP contribution in [0.15, 0.2) is 103 Å². The Bertz CT molecular complexity index is 1170. The van der Waals surface area contributed by atoms with Crippen molar-refractivity contribution in [2.75, 3.05) is 0 Å². The van der Waals surface area contributed by atoms with Crippen LogP contribution in [0.1, 0.15) is 37.0 Å². The lowest BCUT2D eigenvalue weighted by Gasteiger charge is -2.41. The number of hydrogen-bond donors (Lipinski definition) is 0. The lowest BCUT2D eigenvalue weighted by molar-refractivity contribution is -0.161. The van der Waals surface area contributed by atoms with Crippen molar-refractivity contribution in [3.05, 3.63) is 119 Å². The molecule has 0 bridgehead atoms. The van der Waals surface area contributed by atoms with Gasteiger partial charge >= 0.3 is 0 Å². The zero-order chi connectivity index (χ0) is 26.0. The number of Topliss-reactive ketones (excluding diaryl/α,β-unsaturated/α-hetero) is 2. The molecule has 192 valence electrons. The molecule has 0 amide bonds. The van der Waals surface area contributed by atoms with E-state index in [2.05, 4.69) is 0 Å². The molecule has 5 heteroatoms. The number of ketones is 2. The molecule has 5 nitrogen and oxygen atoms in total. The molecule has 0 fully saturated rings. The molecule has 1 aliphatic rings. The van der Waals surface area contributed by atoms with Crippen LogP contribution in [0.25, 0.3) is 0 Å². The van der Waals surface area contributed by atoms with Crippen molar-refractivity contribution >= 4 is 11.6 Å². The van der Waals surface area contributed by atoms with Crippen molar-refractivity contribution < 1.29 is 23.8 Å². The van der Waals surface area contributed by atoms with Crippen molar-refractivity contribution in [3.8, 4) is 0 Å². The van der Waals surface area contributed by atoms with E-state index in [-0.39, 0.29) is 18.0 Å². The fourth-order valence-electron chi connectivity index (χ4n) is 4.75. The number of rotatable bonds is 12. The van der Waals surface area contributed by atoms with Gasteiger partial charge in [0.15, 0.2) is 5.78 Å². The maximum Gasteiger partial charge on any atom is 0.155 e. The molecule has 1 aliphatic carbocycles. The van der Waals surface area contributed by atoms with Crippen LogP contribution in [0, 0.1) is 5.92 Å². The topological polar surface area (TPSA) is 61.8 Å². The van der Waals surface area contributed by atoms with Gasteiger partial charge in [-0.2, -0.15) is 0 Å². The quantitative estimate of drug-likeness (QED) is 0.313. The van der Waals surface area contributed by atoms with Crippen molar-refractivity contribution in [1.82, 2.24) is 0 Å². The number of carbonyl (C=O) groups is 2. The van der Waals surface area contributed by atoms with E-state index < -0.39 is 24.2 Å². The van der Waals surface area contributed by atoms with E-state index in [4.69, 9.17) is 14.2 Å². The first-order chi connectivity index (χ1) is 18.0. The summed E-state index contributed by atoms with van der Waals surface area (Å²) in [4.78, 5) is 25.1. The molecule has 3 aromatic carbocycles. The molecule has 0 radical (unpaired) electrons. The van der Waals surface area contributed by atoms with Crippen LogP contribution in [-0.4, -0.2) is 29.9 Å². The van der Waals surface area contributed by atoms with Gasteiger partial charge in [-0.25, -0.2) is 0 Å². The van der Waals surface area contributed by atoms with E-state index in [0.717, 1.165) is 16.7 Å². The average Bonchev–Trinajstić information content (AvgIpc) is 2.91. The standard InChI is InChI=1S/C32H34O5/c1-23(33)18-29-28(24(2)34)19-30(35-20-25-12-6-3-7-13-25)32(37-22-27-16-10-5-11-17-27)31(29)36-21-26-14-8-4-9-15-26/h3-17,19,29-32H,18,20-22H2,1-2H3/t29-,30-,31+,32+/m0/s1. The summed E-state index contributed by atoms with van der Waals surface area (Å²) in [5.74, 6) is -0.513. The summed E-state index contributed by atoms with van der Waals surface area (Å²) in [5.41, 5.74) is 3.61. The summed E-state index contributed by atoms with van der Waals surface area (Å²) in [6.45, 7) is 4.14. The Balaban J connectivity index is 1.67. The Hall–Kier alpha value is -3.38. The van der Waals surface area contributed by atoms with E-state index in [0.29, 0.717) is 25.4 Å². The summed E-state index contributed by atoms with van der Waals surface area (Å²) in [6, 6.07) is 29.7. The second-order valence-electron chi connectivity index (χ2n) is 9.47. The Morgan fingerprint density at radius 1 is 0.622 bits per heavy atom. The summed E-state index contributed by atoms with van der Waals surface area (Å²) in [5, 5.41) is 0. The third kappa shape index (κ3) is 7.56. The van der Waals surface area contributed by atoms with Gasteiger partial charge in [0, 0.05) is 12.3 Å². The van der Waals surface area contributed by atoms with Gasteiger partial charge in [-0.15, -0.1) is 0 Å².